The van der Waals surface area contributed by atoms with E-state index in [9.17, 15) is 0 Å². The third-order valence-corrected chi connectivity index (χ3v) is 2.84. The quantitative estimate of drug-likeness (QED) is 0.695. The fraction of sp³-hybridized carbons (Fsp3) is 1.00. The third kappa shape index (κ3) is 5.50. The molecule has 1 heterocycles. The second-order valence-corrected chi connectivity index (χ2v) is 5.03. The van der Waals surface area contributed by atoms with Crippen LogP contribution in [0.3, 0.4) is 0 Å². The topological polar surface area (TPSA) is 38.5 Å². The molecular weight excluding hydrogens is 188 g/mol. The monoisotopic (exact) mass is 214 g/mol. The third-order valence-electron chi connectivity index (χ3n) is 2.84. The molecular formula is C12H26N2O. The van der Waals surface area contributed by atoms with Crippen molar-refractivity contribution in [3.8, 4) is 0 Å². The van der Waals surface area contributed by atoms with Crippen LogP contribution >= 0.6 is 0 Å². The number of hydrogen-bond donors (Lipinski definition) is 1. The molecule has 0 spiro atoms. The highest BCUT2D eigenvalue weighted by atomic mass is 16.5. The molecule has 0 aromatic heterocycles. The first-order valence-corrected chi connectivity index (χ1v) is 6.22. The molecule has 0 saturated carbocycles. The minimum atomic E-state index is 0.741. The molecule has 1 rings (SSSR count). The Morgan fingerprint density at radius 3 is 2.80 bits per heavy atom. The fourth-order valence-corrected chi connectivity index (χ4v) is 2.18. The standard InChI is InChI=1S/C12H26N2O/c1-11(2)8-14(6-3-5-13)9-12-4-7-15-10-12/h11-12H,3-10,13H2,1-2H3. The molecule has 0 aromatic carbocycles. The van der Waals surface area contributed by atoms with Gasteiger partial charge in [-0.1, -0.05) is 13.8 Å². The van der Waals surface area contributed by atoms with Gasteiger partial charge in [-0.05, 0) is 37.8 Å². The Morgan fingerprint density at radius 2 is 2.27 bits per heavy atom. The van der Waals surface area contributed by atoms with Crippen LogP contribution in [0.15, 0.2) is 0 Å². The number of nitrogens with two attached hydrogens (primary N) is 1. The van der Waals surface area contributed by atoms with Gasteiger partial charge in [-0.25, -0.2) is 0 Å². The van der Waals surface area contributed by atoms with Crippen LogP contribution in [-0.2, 0) is 4.74 Å². The van der Waals surface area contributed by atoms with E-state index in [4.69, 9.17) is 10.5 Å². The lowest BCUT2D eigenvalue weighted by Gasteiger charge is -2.26. The van der Waals surface area contributed by atoms with E-state index in [0.29, 0.717) is 0 Å². The lowest BCUT2D eigenvalue weighted by molar-refractivity contribution is 0.161. The summed E-state index contributed by atoms with van der Waals surface area (Å²) in [5.41, 5.74) is 5.56. The minimum absolute atomic E-state index is 0.741. The number of ether oxygens (including phenoxy) is 1. The summed E-state index contributed by atoms with van der Waals surface area (Å²) in [7, 11) is 0. The summed E-state index contributed by atoms with van der Waals surface area (Å²) < 4.78 is 5.42. The van der Waals surface area contributed by atoms with Gasteiger partial charge in [-0.3, -0.25) is 0 Å². The maximum absolute atomic E-state index is 5.56. The van der Waals surface area contributed by atoms with Crippen molar-refractivity contribution in [3.05, 3.63) is 0 Å². The summed E-state index contributed by atoms with van der Waals surface area (Å²) in [6.45, 7) is 10.8. The van der Waals surface area contributed by atoms with Crippen molar-refractivity contribution in [2.24, 2.45) is 17.6 Å². The first-order valence-electron chi connectivity index (χ1n) is 6.22. The van der Waals surface area contributed by atoms with Gasteiger partial charge in [-0.2, -0.15) is 0 Å². The molecule has 0 aromatic rings. The number of nitrogens with zero attached hydrogens (tertiary/aromatic N) is 1. The largest absolute Gasteiger partial charge is 0.381 e. The Kier molecular flexibility index (Phi) is 6.22. The molecule has 0 amide bonds. The second kappa shape index (κ2) is 7.20. The van der Waals surface area contributed by atoms with E-state index in [-0.39, 0.29) is 0 Å². The van der Waals surface area contributed by atoms with Crippen molar-refractivity contribution in [3.63, 3.8) is 0 Å². The molecule has 1 fully saturated rings. The van der Waals surface area contributed by atoms with Crippen molar-refractivity contribution in [2.45, 2.75) is 26.7 Å². The van der Waals surface area contributed by atoms with Crippen molar-refractivity contribution < 1.29 is 4.74 Å². The van der Waals surface area contributed by atoms with Crippen LogP contribution in [-0.4, -0.2) is 44.3 Å². The summed E-state index contributed by atoms with van der Waals surface area (Å²) in [5, 5.41) is 0. The zero-order valence-corrected chi connectivity index (χ0v) is 10.2. The lowest BCUT2D eigenvalue weighted by Crippen LogP contribution is -2.34. The Bertz CT molecular complexity index is 156. The van der Waals surface area contributed by atoms with Crippen LogP contribution in [0.5, 0.6) is 0 Å². The number of hydrogen-bond acceptors (Lipinski definition) is 3. The van der Waals surface area contributed by atoms with Crippen LogP contribution < -0.4 is 5.73 Å². The van der Waals surface area contributed by atoms with Gasteiger partial charge in [-0.15, -0.1) is 0 Å². The summed E-state index contributed by atoms with van der Waals surface area (Å²) in [6.07, 6.45) is 2.34. The minimum Gasteiger partial charge on any atom is -0.381 e. The van der Waals surface area contributed by atoms with E-state index in [1.54, 1.807) is 0 Å². The van der Waals surface area contributed by atoms with E-state index in [2.05, 4.69) is 18.7 Å². The summed E-state index contributed by atoms with van der Waals surface area (Å²) >= 11 is 0. The zero-order chi connectivity index (χ0) is 11.1. The Balaban J connectivity index is 2.26. The Morgan fingerprint density at radius 1 is 1.47 bits per heavy atom. The SMILES string of the molecule is CC(C)CN(CCCN)CC1CCOC1. The molecule has 90 valence electrons. The molecule has 15 heavy (non-hydrogen) atoms. The van der Waals surface area contributed by atoms with E-state index in [0.717, 1.165) is 44.6 Å². The predicted molar refractivity (Wildman–Crippen MR) is 63.9 cm³/mol. The van der Waals surface area contributed by atoms with E-state index >= 15 is 0 Å². The predicted octanol–water partition coefficient (Wildman–Crippen LogP) is 1.33. The van der Waals surface area contributed by atoms with Crippen molar-refractivity contribution in [1.29, 1.82) is 0 Å². The summed E-state index contributed by atoms with van der Waals surface area (Å²) in [5.74, 6) is 1.49. The van der Waals surface area contributed by atoms with Gasteiger partial charge in [0.2, 0.25) is 0 Å². The van der Waals surface area contributed by atoms with Gasteiger partial charge < -0.3 is 15.4 Å². The van der Waals surface area contributed by atoms with E-state index in [1.807, 2.05) is 0 Å². The summed E-state index contributed by atoms with van der Waals surface area (Å²) in [6, 6.07) is 0. The molecule has 3 heteroatoms. The highest BCUT2D eigenvalue weighted by molar-refractivity contribution is 4.70. The fourth-order valence-electron chi connectivity index (χ4n) is 2.18. The van der Waals surface area contributed by atoms with Crippen LogP contribution in [0.1, 0.15) is 26.7 Å². The van der Waals surface area contributed by atoms with Crippen molar-refractivity contribution >= 4 is 0 Å². The van der Waals surface area contributed by atoms with E-state index in [1.165, 1.54) is 19.5 Å². The van der Waals surface area contributed by atoms with Crippen LogP contribution in [0.2, 0.25) is 0 Å². The van der Waals surface area contributed by atoms with Gasteiger partial charge in [0.15, 0.2) is 0 Å². The molecule has 1 aliphatic heterocycles. The molecule has 1 atom stereocenters. The normalized spacial score (nSPS) is 21.8. The second-order valence-electron chi connectivity index (χ2n) is 5.03. The van der Waals surface area contributed by atoms with E-state index < -0.39 is 0 Å². The van der Waals surface area contributed by atoms with Gasteiger partial charge >= 0.3 is 0 Å². The van der Waals surface area contributed by atoms with Gasteiger partial charge in [0.05, 0.1) is 6.61 Å². The average Bonchev–Trinajstić information content (AvgIpc) is 2.66. The van der Waals surface area contributed by atoms with Crippen molar-refractivity contribution in [1.82, 2.24) is 4.90 Å². The average molecular weight is 214 g/mol. The molecule has 0 radical (unpaired) electrons. The molecule has 0 bridgehead atoms. The molecule has 0 aliphatic carbocycles. The maximum atomic E-state index is 5.56. The first-order chi connectivity index (χ1) is 7.22. The van der Waals surface area contributed by atoms with Crippen LogP contribution in [0, 0.1) is 11.8 Å². The molecule has 1 saturated heterocycles. The molecule has 3 nitrogen and oxygen atoms in total. The zero-order valence-electron chi connectivity index (χ0n) is 10.2. The first kappa shape index (κ1) is 12.9. The van der Waals surface area contributed by atoms with Gasteiger partial charge in [0.1, 0.15) is 0 Å². The van der Waals surface area contributed by atoms with Gasteiger partial charge in [0.25, 0.3) is 0 Å². The number of rotatable bonds is 7. The lowest BCUT2D eigenvalue weighted by atomic mass is 10.1. The smallest absolute Gasteiger partial charge is 0.0507 e. The summed E-state index contributed by atoms with van der Waals surface area (Å²) in [4.78, 5) is 2.55. The Labute approximate surface area is 94.0 Å². The highest BCUT2D eigenvalue weighted by Gasteiger charge is 2.19. The maximum Gasteiger partial charge on any atom is 0.0507 e. The molecule has 1 unspecified atom stereocenters. The highest BCUT2D eigenvalue weighted by Crippen LogP contribution is 2.14. The molecule has 2 N–H and O–H groups in total. The van der Waals surface area contributed by atoms with Gasteiger partial charge in [0, 0.05) is 19.7 Å². The van der Waals surface area contributed by atoms with Crippen LogP contribution in [0.25, 0.3) is 0 Å². The van der Waals surface area contributed by atoms with Crippen LogP contribution in [0.4, 0.5) is 0 Å². The van der Waals surface area contributed by atoms with Crippen molar-refractivity contribution in [2.75, 3.05) is 39.4 Å². The molecule has 1 aliphatic rings. The Hall–Kier alpha value is -0.120.